The number of hydrogen-bond donors (Lipinski definition) is 2. The van der Waals surface area contributed by atoms with E-state index in [0.29, 0.717) is 0 Å². The number of carbonyl (C=O) groups is 1. The van der Waals surface area contributed by atoms with Gasteiger partial charge in [0.1, 0.15) is 5.56 Å². The van der Waals surface area contributed by atoms with Crippen LogP contribution < -0.4 is 11.0 Å². The first-order valence-corrected chi connectivity index (χ1v) is 5.39. The summed E-state index contributed by atoms with van der Waals surface area (Å²) in [7, 11) is 0. The smallest absolute Gasteiger partial charge is 0.280 e. The monoisotopic (exact) mass is 238 g/mol. The van der Waals surface area contributed by atoms with E-state index in [1.807, 2.05) is 6.92 Å². The summed E-state index contributed by atoms with van der Waals surface area (Å²) in [4.78, 5) is 31.0. The second-order valence-corrected chi connectivity index (χ2v) is 4.97. The maximum Gasteiger partial charge on any atom is 0.280 e. The minimum absolute atomic E-state index is 0.0531. The fourth-order valence-electron chi connectivity index (χ4n) is 1.15. The first kappa shape index (κ1) is 13.4. The lowest BCUT2D eigenvalue weighted by Gasteiger charge is -2.18. The Hall–Kier alpha value is -1.62. The fraction of sp³-hybridized carbons (Fsp3) is 0.500. The Labute approximate surface area is 100 Å². The molecule has 1 aromatic rings. The van der Waals surface area contributed by atoms with Gasteiger partial charge < -0.3 is 4.98 Å². The number of H-pyrrole nitrogens is 1. The average molecular weight is 238 g/mol. The van der Waals surface area contributed by atoms with Crippen LogP contribution in [0, 0.1) is 13.8 Å². The average Bonchev–Trinajstić information content (AvgIpc) is 2.19. The van der Waals surface area contributed by atoms with Gasteiger partial charge in [-0.15, -0.1) is 0 Å². The highest BCUT2D eigenvalue weighted by atomic mass is 16.7. The fourth-order valence-corrected chi connectivity index (χ4v) is 1.15. The lowest BCUT2D eigenvalue weighted by molar-refractivity contribution is -0.0590. The van der Waals surface area contributed by atoms with E-state index < -0.39 is 17.1 Å². The molecule has 0 aromatic carbocycles. The van der Waals surface area contributed by atoms with Crippen molar-refractivity contribution in [3.8, 4) is 0 Å². The molecule has 0 atom stereocenters. The molecule has 0 saturated heterocycles. The van der Waals surface area contributed by atoms with Gasteiger partial charge >= 0.3 is 0 Å². The predicted molar refractivity (Wildman–Crippen MR) is 64.8 cm³/mol. The molecule has 0 bridgehead atoms. The van der Waals surface area contributed by atoms with Crippen molar-refractivity contribution in [1.82, 2.24) is 10.5 Å². The zero-order valence-electron chi connectivity index (χ0n) is 10.8. The number of amides is 1. The van der Waals surface area contributed by atoms with Crippen LogP contribution in [-0.4, -0.2) is 16.5 Å². The van der Waals surface area contributed by atoms with E-state index in [4.69, 9.17) is 4.84 Å². The molecule has 1 amide bonds. The largest absolute Gasteiger partial charge is 0.326 e. The van der Waals surface area contributed by atoms with Crippen LogP contribution in [0.25, 0.3) is 0 Å². The third-order valence-electron chi connectivity index (χ3n) is 2.19. The molecule has 0 unspecified atom stereocenters. The Balaban J connectivity index is 2.90. The molecule has 1 rings (SSSR count). The van der Waals surface area contributed by atoms with Crippen molar-refractivity contribution in [2.75, 3.05) is 0 Å². The van der Waals surface area contributed by atoms with E-state index in [1.165, 1.54) is 0 Å². The van der Waals surface area contributed by atoms with E-state index in [2.05, 4.69) is 10.5 Å². The molecule has 0 saturated carbocycles. The van der Waals surface area contributed by atoms with Gasteiger partial charge in [-0.2, -0.15) is 0 Å². The van der Waals surface area contributed by atoms with E-state index in [-0.39, 0.29) is 5.56 Å². The molecule has 2 N–H and O–H groups in total. The van der Waals surface area contributed by atoms with Crippen molar-refractivity contribution < 1.29 is 9.63 Å². The van der Waals surface area contributed by atoms with Crippen LogP contribution in [0.3, 0.4) is 0 Å². The third kappa shape index (κ3) is 3.71. The number of rotatable bonds is 2. The van der Waals surface area contributed by atoms with Crippen LogP contribution in [0.5, 0.6) is 0 Å². The molecule has 1 aromatic heterocycles. The molecule has 0 aliphatic carbocycles. The Bertz CT molecular complexity index is 484. The molecule has 17 heavy (non-hydrogen) atoms. The van der Waals surface area contributed by atoms with Gasteiger partial charge in [0.15, 0.2) is 0 Å². The summed E-state index contributed by atoms with van der Waals surface area (Å²) in [6.45, 7) is 9.02. The summed E-state index contributed by atoms with van der Waals surface area (Å²) in [5, 5.41) is 0. The highest BCUT2D eigenvalue weighted by Crippen LogP contribution is 2.06. The van der Waals surface area contributed by atoms with Gasteiger partial charge in [-0.25, -0.2) is 5.48 Å². The standard InChI is InChI=1S/C12H18N2O3/c1-7-6-9(10(15)13-8(7)2)11(16)14-17-12(3,4)5/h6H,1-5H3,(H,13,15)(H,14,16). The number of aromatic nitrogens is 1. The molecule has 0 radical (unpaired) electrons. The first-order valence-electron chi connectivity index (χ1n) is 5.39. The zero-order chi connectivity index (χ0) is 13.2. The lowest BCUT2D eigenvalue weighted by atomic mass is 10.1. The van der Waals surface area contributed by atoms with Crippen molar-refractivity contribution in [2.24, 2.45) is 0 Å². The molecular formula is C12H18N2O3. The van der Waals surface area contributed by atoms with Crippen LogP contribution >= 0.6 is 0 Å². The van der Waals surface area contributed by atoms with Gasteiger partial charge in [0, 0.05) is 5.69 Å². The van der Waals surface area contributed by atoms with Gasteiger partial charge in [0.25, 0.3) is 11.5 Å². The van der Waals surface area contributed by atoms with Gasteiger partial charge in [-0.3, -0.25) is 14.4 Å². The van der Waals surface area contributed by atoms with Crippen LogP contribution in [0.1, 0.15) is 42.4 Å². The number of aryl methyl sites for hydroxylation is 2. The van der Waals surface area contributed by atoms with E-state index in [0.717, 1.165) is 11.3 Å². The number of nitrogens with one attached hydrogen (secondary N) is 2. The molecular weight excluding hydrogens is 220 g/mol. The summed E-state index contributed by atoms with van der Waals surface area (Å²) in [5.41, 5.74) is 3.01. The Kier molecular flexibility index (Phi) is 3.72. The molecule has 0 aliphatic rings. The summed E-state index contributed by atoms with van der Waals surface area (Å²) >= 11 is 0. The maximum absolute atomic E-state index is 11.7. The molecule has 5 nitrogen and oxygen atoms in total. The van der Waals surface area contributed by atoms with Crippen LogP contribution in [-0.2, 0) is 4.84 Å². The van der Waals surface area contributed by atoms with Gasteiger partial charge in [-0.05, 0) is 46.2 Å². The number of aromatic amines is 1. The Morgan fingerprint density at radius 2 is 1.94 bits per heavy atom. The summed E-state index contributed by atoms with van der Waals surface area (Å²) in [6.07, 6.45) is 0. The number of hydroxylamine groups is 1. The van der Waals surface area contributed by atoms with E-state index in [9.17, 15) is 9.59 Å². The van der Waals surface area contributed by atoms with Gasteiger partial charge in [0.2, 0.25) is 0 Å². The lowest BCUT2D eigenvalue weighted by Crippen LogP contribution is -2.36. The Morgan fingerprint density at radius 3 is 2.47 bits per heavy atom. The summed E-state index contributed by atoms with van der Waals surface area (Å²) in [5.74, 6) is -0.538. The number of pyridine rings is 1. The van der Waals surface area contributed by atoms with E-state index >= 15 is 0 Å². The summed E-state index contributed by atoms with van der Waals surface area (Å²) < 4.78 is 0. The van der Waals surface area contributed by atoms with Crippen molar-refractivity contribution >= 4 is 5.91 Å². The zero-order valence-corrected chi connectivity index (χ0v) is 10.8. The normalized spacial score (nSPS) is 11.4. The highest BCUT2D eigenvalue weighted by Gasteiger charge is 2.16. The SMILES string of the molecule is Cc1cc(C(=O)NOC(C)(C)C)c(=O)[nH]c1C. The molecule has 0 aliphatic heterocycles. The number of carbonyl (C=O) groups excluding carboxylic acids is 1. The quantitative estimate of drug-likeness (QED) is 0.766. The van der Waals surface area contributed by atoms with Gasteiger partial charge in [-0.1, -0.05) is 0 Å². The first-order chi connectivity index (χ1) is 7.70. The van der Waals surface area contributed by atoms with Crippen LogP contribution in [0.15, 0.2) is 10.9 Å². The van der Waals surface area contributed by atoms with Crippen LogP contribution in [0.2, 0.25) is 0 Å². The molecule has 0 spiro atoms. The van der Waals surface area contributed by atoms with Crippen molar-refractivity contribution in [3.63, 3.8) is 0 Å². The number of hydrogen-bond acceptors (Lipinski definition) is 3. The van der Waals surface area contributed by atoms with Crippen molar-refractivity contribution in [3.05, 3.63) is 33.2 Å². The van der Waals surface area contributed by atoms with Crippen molar-refractivity contribution in [1.29, 1.82) is 0 Å². The van der Waals surface area contributed by atoms with E-state index in [1.54, 1.807) is 33.8 Å². The predicted octanol–water partition coefficient (Wildman–Crippen LogP) is 1.45. The topological polar surface area (TPSA) is 71.2 Å². The molecule has 94 valence electrons. The molecule has 1 heterocycles. The van der Waals surface area contributed by atoms with Gasteiger partial charge in [0.05, 0.1) is 5.60 Å². The second kappa shape index (κ2) is 4.71. The minimum atomic E-state index is -0.538. The second-order valence-electron chi connectivity index (χ2n) is 4.97. The highest BCUT2D eigenvalue weighted by molar-refractivity contribution is 5.93. The Morgan fingerprint density at radius 1 is 1.35 bits per heavy atom. The maximum atomic E-state index is 11.7. The summed E-state index contributed by atoms with van der Waals surface area (Å²) in [6, 6.07) is 1.55. The minimum Gasteiger partial charge on any atom is -0.326 e. The molecule has 5 heteroatoms. The van der Waals surface area contributed by atoms with Crippen molar-refractivity contribution in [2.45, 2.75) is 40.2 Å². The molecule has 0 fully saturated rings. The van der Waals surface area contributed by atoms with Crippen LogP contribution in [0.4, 0.5) is 0 Å². The third-order valence-corrected chi connectivity index (χ3v) is 2.19.